The smallest absolute Gasteiger partial charge is 0.326 e. The molecule has 0 aliphatic carbocycles. The van der Waals surface area contributed by atoms with E-state index in [1.165, 1.54) is 44.9 Å². The Kier molecular flexibility index (Phi) is 45.4. The van der Waals surface area contributed by atoms with Crippen LogP contribution >= 0.6 is 0 Å². The normalized spacial score (nSPS) is 11.9. The topological polar surface area (TPSA) is 259 Å². The number of aliphatic carboxylic acids is 2. The quantitative estimate of drug-likeness (QED) is 0.0394. The first-order chi connectivity index (χ1) is 30.4. The second-order valence-corrected chi connectivity index (χ2v) is 15.9. The van der Waals surface area contributed by atoms with Gasteiger partial charge in [0.2, 0.25) is 17.7 Å². The molecule has 0 aromatic heterocycles. The summed E-state index contributed by atoms with van der Waals surface area (Å²) in [4.78, 5) is 79.8. The molecule has 368 valence electrons. The molecule has 0 aliphatic heterocycles. The lowest BCUT2D eigenvalue weighted by atomic mass is 10.0. The maximum absolute atomic E-state index is 12.1. The first kappa shape index (κ1) is 61.6. The number of carboxylic acid groups (broad SMARTS) is 2. The van der Waals surface area contributed by atoms with Crippen LogP contribution in [0.15, 0.2) is 0 Å². The third-order valence-electron chi connectivity index (χ3n) is 10.1. The molecule has 17 nitrogen and oxygen atoms in total. The second-order valence-electron chi connectivity index (χ2n) is 15.9. The van der Waals surface area contributed by atoms with Crippen LogP contribution < -0.4 is 21.7 Å². The molecule has 3 amide bonds. The van der Waals surface area contributed by atoms with Crippen LogP contribution in [0.1, 0.15) is 174 Å². The molecule has 0 unspecified atom stereocenters. The number of methoxy groups -OCH3 is 1. The summed E-state index contributed by atoms with van der Waals surface area (Å²) < 4.78 is 20.6. The van der Waals surface area contributed by atoms with Gasteiger partial charge in [0.25, 0.3) is 0 Å². The highest BCUT2D eigenvalue weighted by Crippen LogP contribution is 2.14. The lowest BCUT2D eigenvalue weighted by molar-refractivity contribution is -0.142. The number of hydrogen-bond acceptors (Lipinski definition) is 12. The number of primary amides is 1. The fourth-order valence-electron chi connectivity index (χ4n) is 6.43. The Balaban J connectivity index is 0. The van der Waals surface area contributed by atoms with E-state index >= 15 is 0 Å². The van der Waals surface area contributed by atoms with Crippen LogP contribution in [0.5, 0.6) is 0 Å². The SMILES string of the molecule is CCCOCC(=O)NCCOCCOCC(=O)CCCCC[C@H](NC)C(N)=O.COCCCC(=O)CC[C@H](NC(=O)CCCCCCCCCCCCCCCCC(=O)O)C(=O)O. The molecular weight excluding hydrogens is 817 g/mol. The minimum absolute atomic E-state index is 0.00693. The zero-order valence-electron chi connectivity index (χ0n) is 39.2. The lowest BCUT2D eigenvalue weighted by Crippen LogP contribution is -2.41. The monoisotopic (exact) mass is 903 g/mol. The number of nitrogens with two attached hydrogens (primary N) is 1. The Bertz CT molecular complexity index is 1190. The number of amides is 3. The number of unbranched alkanes of at least 4 members (excludes halogenated alkanes) is 15. The van der Waals surface area contributed by atoms with Gasteiger partial charge in [-0.3, -0.25) is 28.8 Å². The van der Waals surface area contributed by atoms with Crippen molar-refractivity contribution in [3.05, 3.63) is 0 Å². The highest BCUT2D eigenvalue weighted by Gasteiger charge is 2.21. The lowest BCUT2D eigenvalue weighted by Gasteiger charge is -2.14. The molecular formula is C46H86N4O13. The van der Waals surface area contributed by atoms with E-state index < -0.39 is 18.0 Å². The Labute approximate surface area is 377 Å². The number of ketones is 2. The highest BCUT2D eigenvalue weighted by molar-refractivity contribution is 5.85. The van der Waals surface area contributed by atoms with Crippen LogP contribution in [-0.2, 0) is 52.5 Å². The van der Waals surface area contributed by atoms with Crippen molar-refractivity contribution in [1.82, 2.24) is 16.0 Å². The van der Waals surface area contributed by atoms with E-state index in [0.29, 0.717) is 71.7 Å². The van der Waals surface area contributed by atoms with Crippen molar-refractivity contribution < 1.29 is 62.7 Å². The average molecular weight is 903 g/mol. The first-order valence-electron chi connectivity index (χ1n) is 23.6. The zero-order valence-corrected chi connectivity index (χ0v) is 39.2. The maximum Gasteiger partial charge on any atom is 0.326 e. The molecule has 7 N–H and O–H groups in total. The Morgan fingerprint density at radius 1 is 0.524 bits per heavy atom. The summed E-state index contributed by atoms with van der Waals surface area (Å²) in [6.07, 6.45) is 22.0. The van der Waals surface area contributed by atoms with E-state index in [-0.39, 0.29) is 67.8 Å². The van der Waals surface area contributed by atoms with Gasteiger partial charge in [-0.2, -0.15) is 0 Å². The number of ether oxygens (including phenoxy) is 4. The van der Waals surface area contributed by atoms with Crippen molar-refractivity contribution in [2.75, 3.05) is 67.0 Å². The number of carboxylic acids is 2. The molecule has 0 aromatic rings. The number of likely N-dealkylation sites (N-methyl/N-ethyl adjacent to an activating group) is 1. The van der Waals surface area contributed by atoms with Crippen LogP contribution in [0.2, 0.25) is 0 Å². The fraction of sp³-hybridized carbons (Fsp3) is 0.848. The second kappa shape index (κ2) is 46.5. The number of hydrogen-bond donors (Lipinski definition) is 6. The van der Waals surface area contributed by atoms with Gasteiger partial charge >= 0.3 is 11.9 Å². The predicted molar refractivity (Wildman–Crippen MR) is 242 cm³/mol. The molecule has 0 spiro atoms. The number of rotatable bonds is 46. The van der Waals surface area contributed by atoms with Crippen molar-refractivity contribution in [3.63, 3.8) is 0 Å². The summed E-state index contributed by atoms with van der Waals surface area (Å²) in [5.74, 6) is -2.51. The highest BCUT2D eigenvalue weighted by atomic mass is 16.5. The minimum atomic E-state index is -1.10. The van der Waals surface area contributed by atoms with Crippen molar-refractivity contribution in [1.29, 1.82) is 0 Å². The molecule has 0 radical (unpaired) electrons. The van der Waals surface area contributed by atoms with E-state index in [1.54, 1.807) is 14.2 Å². The molecule has 2 atom stereocenters. The Morgan fingerprint density at radius 3 is 1.59 bits per heavy atom. The number of carbonyl (C=O) groups is 7. The summed E-state index contributed by atoms with van der Waals surface area (Å²) >= 11 is 0. The van der Waals surface area contributed by atoms with E-state index in [2.05, 4.69) is 16.0 Å². The Hall–Kier alpha value is -3.51. The number of carbonyl (C=O) groups excluding carboxylic acids is 5. The van der Waals surface area contributed by atoms with E-state index in [4.69, 9.17) is 29.8 Å². The first-order valence-corrected chi connectivity index (χ1v) is 23.6. The van der Waals surface area contributed by atoms with Gasteiger partial charge in [0.1, 0.15) is 25.0 Å². The summed E-state index contributed by atoms with van der Waals surface area (Å²) in [5.41, 5.74) is 5.25. The van der Waals surface area contributed by atoms with Gasteiger partial charge in [0, 0.05) is 59.0 Å². The standard InChI is InChI=1S/C27H49NO7.C19H37N3O6/c1-35-22-16-17-23(29)20-21-24(27(33)34)28-25(30)18-14-12-10-8-6-4-2-3-5-7-9-11-13-15-19-26(31)32;1-3-10-27-15-18(24)22-9-11-26-12-13-28-14-16(23)7-5-4-6-8-17(21-2)19(20)25/h24H,2-22H2,1H3,(H,28,30)(H,31,32)(H,33,34);17,21H,3-15H2,1-2H3,(H2,20,25)(H,22,24)/t24-;17-/m00/s1. The predicted octanol–water partition coefficient (Wildman–Crippen LogP) is 5.81. The van der Waals surface area contributed by atoms with Gasteiger partial charge in [-0.05, 0) is 52.0 Å². The Morgan fingerprint density at radius 2 is 1.05 bits per heavy atom. The van der Waals surface area contributed by atoms with Crippen LogP contribution in [0.25, 0.3) is 0 Å². The summed E-state index contributed by atoms with van der Waals surface area (Å²) in [6, 6.07) is -1.31. The molecule has 0 fully saturated rings. The van der Waals surface area contributed by atoms with Gasteiger partial charge in [-0.25, -0.2) is 4.79 Å². The van der Waals surface area contributed by atoms with E-state index in [9.17, 15) is 38.7 Å². The van der Waals surface area contributed by atoms with Crippen LogP contribution in [0.3, 0.4) is 0 Å². The van der Waals surface area contributed by atoms with Gasteiger partial charge < -0.3 is 50.8 Å². The van der Waals surface area contributed by atoms with Crippen LogP contribution in [0.4, 0.5) is 0 Å². The van der Waals surface area contributed by atoms with Crippen molar-refractivity contribution in [3.8, 4) is 0 Å². The molecule has 0 aromatic carbocycles. The van der Waals surface area contributed by atoms with Gasteiger partial charge in [-0.15, -0.1) is 0 Å². The van der Waals surface area contributed by atoms with Gasteiger partial charge in [0.15, 0.2) is 5.78 Å². The number of nitrogens with one attached hydrogen (secondary N) is 3. The van der Waals surface area contributed by atoms with Crippen LogP contribution in [-0.4, -0.2) is 130 Å². The molecule has 0 saturated carbocycles. The number of Topliss-reactive ketones (excluding diaryl/α,β-unsaturated/α-hetero) is 2. The largest absolute Gasteiger partial charge is 0.481 e. The average Bonchev–Trinajstić information content (AvgIpc) is 3.24. The minimum Gasteiger partial charge on any atom is -0.481 e. The van der Waals surface area contributed by atoms with E-state index in [1.807, 2.05) is 6.92 Å². The third-order valence-corrected chi connectivity index (χ3v) is 10.1. The summed E-state index contributed by atoms with van der Waals surface area (Å²) in [7, 11) is 3.28. The van der Waals surface area contributed by atoms with Crippen LogP contribution in [0, 0.1) is 0 Å². The summed E-state index contributed by atoms with van der Waals surface area (Å²) in [6.45, 7) is 4.71. The summed E-state index contributed by atoms with van der Waals surface area (Å²) in [5, 5.41) is 26.0. The van der Waals surface area contributed by atoms with Gasteiger partial charge in [0.05, 0.1) is 25.9 Å². The van der Waals surface area contributed by atoms with Crippen molar-refractivity contribution in [2.45, 2.75) is 186 Å². The third kappa shape index (κ3) is 46.3. The molecule has 63 heavy (non-hydrogen) atoms. The molecule has 0 aliphatic rings. The molecule has 0 saturated heterocycles. The van der Waals surface area contributed by atoms with Gasteiger partial charge in [-0.1, -0.05) is 96.8 Å². The van der Waals surface area contributed by atoms with Crippen molar-refractivity contribution >= 4 is 41.2 Å². The molecule has 0 rings (SSSR count). The molecule has 0 heterocycles. The van der Waals surface area contributed by atoms with Crippen molar-refractivity contribution in [2.24, 2.45) is 5.73 Å². The maximum atomic E-state index is 12.1. The fourth-order valence-corrected chi connectivity index (χ4v) is 6.43. The van der Waals surface area contributed by atoms with E-state index in [0.717, 1.165) is 70.6 Å². The molecule has 0 bridgehead atoms. The molecule has 17 heteroatoms. The zero-order chi connectivity index (χ0) is 47.2.